The molecule has 8 nitrogen and oxygen atoms in total. The first kappa shape index (κ1) is 24.5. The highest BCUT2D eigenvalue weighted by Crippen LogP contribution is 2.22. The number of carbonyl (C=O) groups is 2. The van der Waals surface area contributed by atoms with Gasteiger partial charge in [0, 0.05) is 42.0 Å². The number of nitrogens with zero attached hydrogens (tertiary/aromatic N) is 3. The number of hydrogen-bond donors (Lipinski definition) is 3. The van der Waals surface area contributed by atoms with Crippen molar-refractivity contribution in [1.82, 2.24) is 19.7 Å². The van der Waals surface area contributed by atoms with E-state index in [-0.39, 0.29) is 18.4 Å². The molecule has 0 radical (unpaired) electrons. The van der Waals surface area contributed by atoms with Crippen LogP contribution in [0.1, 0.15) is 26.2 Å². The third-order valence-corrected chi connectivity index (χ3v) is 5.63. The monoisotopic (exact) mass is 486 g/mol. The molecule has 0 unspecified atom stereocenters. The third kappa shape index (κ3) is 6.66. The van der Waals surface area contributed by atoms with Crippen LogP contribution in [0.4, 0.5) is 16.2 Å². The quantitative estimate of drug-likeness (QED) is 0.357. The van der Waals surface area contributed by atoms with E-state index in [2.05, 4.69) is 22.9 Å². The van der Waals surface area contributed by atoms with E-state index in [0.717, 1.165) is 30.8 Å². The number of aryl methyl sites for hydroxylation is 1. The van der Waals surface area contributed by atoms with Crippen LogP contribution in [-0.2, 0) is 17.9 Å². The summed E-state index contributed by atoms with van der Waals surface area (Å²) in [5.41, 5.74) is 2.09. The summed E-state index contributed by atoms with van der Waals surface area (Å²) in [6.45, 7) is 3.23. The van der Waals surface area contributed by atoms with Gasteiger partial charge in [-0.25, -0.2) is 9.48 Å². The molecule has 10 heteroatoms. The Bertz CT molecular complexity index is 1170. The van der Waals surface area contributed by atoms with Crippen molar-refractivity contribution in [3.63, 3.8) is 0 Å². The van der Waals surface area contributed by atoms with E-state index in [1.165, 1.54) is 7.05 Å². The molecule has 0 aliphatic rings. The van der Waals surface area contributed by atoms with Crippen molar-refractivity contribution in [3.8, 4) is 11.4 Å². The molecule has 33 heavy (non-hydrogen) atoms. The van der Waals surface area contributed by atoms with E-state index >= 15 is 0 Å². The van der Waals surface area contributed by atoms with Gasteiger partial charge in [0.2, 0.25) is 5.91 Å². The van der Waals surface area contributed by atoms with Gasteiger partial charge in [-0.2, -0.15) is 5.10 Å². The Morgan fingerprint density at radius 3 is 2.42 bits per heavy atom. The topological polar surface area (TPSA) is 93.0 Å². The maximum Gasteiger partial charge on any atom is 0.318 e. The second-order valence-electron chi connectivity index (χ2n) is 7.42. The molecule has 0 aliphatic carbocycles. The van der Waals surface area contributed by atoms with E-state index in [9.17, 15) is 9.59 Å². The second-order valence-corrected chi connectivity index (χ2v) is 8.23. The summed E-state index contributed by atoms with van der Waals surface area (Å²) >= 11 is 11.7. The van der Waals surface area contributed by atoms with Crippen LogP contribution >= 0.6 is 23.8 Å². The Morgan fingerprint density at radius 1 is 1.06 bits per heavy atom. The lowest BCUT2D eigenvalue weighted by molar-refractivity contribution is -0.116. The zero-order chi connectivity index (χ0) is 23.8. The number of benzene rings is 2. The number of urea groups is 1. The lowest BCUT2D eigenvalue weighted by Gasteiger charge is -2.08. The molecule has 0 saturated carbocycles. The number of unbranched alkanes of at least 4 members (excludes halogenated alkanes) is 1. The van der Waals surface area contributed by atoms with Crippen LogP contribution in [0.15, 0.2) is 48.5 Å². The van der Waals surface area contributed by atoms with Gasteiger partial charge in [0.15, 0.2) is 10.6 Å². The summed E-state index contributed by atoms with van der Waals surface area (Å²) in [6.07, 6.45) is 2.21. The van der Waals surface area contributed by atoms with Crippen molar-refractivity contribution >= 4 is 47.1 Å². The van der Waals surface area contributed by atoms with Crippen molar-refractivity contribution < 1.29 is 9.59 Å². The first-order chi connectivity index (χ1) is 15.9. The van der Waals surface area contributed by atoms with Crippen LogP contribution in [-0.4, -0.2) is 33.3 Å². The molecule has 1 aromatic heterocycles. The van der Waals surface area contributed by atoms with Gasteiger partial charge in [0.1, 0.15) is 0 Å². The van der Waals surface area contributed by atoms with Gasteiger partial charge in [-0.1, -0.05) is 31.0 Å². The molecule has 174 valence electrons. The number of amides is 3. The molecule has 3 amide bonds. The van der Waals surface area contributed by atoms with Crippen LogP contribution in [0.3, 0.4) is 0 Å². The van der Waals surface area contributed by atoms with E-state index in [0.29, 0.717) is 27.7 Å². The molecule has 0 aliphatic heterocycles. The maximum absolute atomic E-state index is 12.6. The Morgan fingerprint density at radius 2 is 1.76 bits per heavy atom. The van der Waals surface area contributed by atoms with Crippen LogP contribution < -0.4 is 16.0 Å². The third-order valence-electron chi connectivity index (χ3n) is 4.94. The SMILES string of the molecule is CCCCn1c(-c2ccc(Cl)cc2)nn(CCC(=O)Nc2cccc(NC(=O)NC)c2)c1=S. The lowest BCUT2D eigenvalue weighted by atomic mass is 10.2. The van der Waals surface area contributed by atoms with Crippen molar-refractivity contribution in [2.45, 2.75) is 39.3 Å². The van der Waals surface area contributed by atoms with Crippen LogP contribution in [0.5, 0.6) is 0 Å². The highest BCUT2D eigenvalue weighted by atomic mass is 35.5. The smallest absolute Gasteiger partial charge is 0.318 e. The number of anilines is 2. The summed E-state index contributed by atoms with van der Waals surface area (Å²) in [4.78, 5) is 24.0. The first-order valence-electron chi connectivity index (χ1n) is 10.7. The molecule has 0 atom stereocenters. The van der Waals surface area contributed by atoms with Crippen molar-refractivity contribution in [2.24, 2.45) is 0 Å². The van der Waals surface area contributed by atoms with E-state index in [1.807, 2.05) is 28.8 Å². The summed E-state index contributed by atoms with van der Waals surface area (Å²) < 4.78 is 4.28. The molecular formula is C23H27ClN6O2S. The van der Waals surface area contributed by atoms with Crippen LogP contribution in [0.2, 0.25) is 5.02 Å². The highest BCUT2D eigenvalue weighted by molar-refractivity contribution is 7.71. The normalized spacial score (nSPS) is 10.6. The van der Waals surface area contributed by atoms with Crippen LogP contribution in [0.25, 0.3) is 11.4 Å². The molecule has 3 aromatic rings. The van der Waals surface area contributed by atoms with Crippen molar-refractivity contribution in [1.29, 1.82) is 0 Å². The minimum atomic E-state index is -0.331. The average molecular weight is 487 g/mol. The zero-order valence-electron chi connectivity index (χ0n) is 18.6. The maximum atomic E-state index is 12.6. The number of aromatic nitrogens is 3. The molecule has 0 spiro atoms. The van der Waals surface area contributed by atoms with Gasteiger partial charge in [-0.3, -0.25) is 9.36 Å². The van der Waals surface area contributed by atoms with Gasteiger partial charge in [-0.15, -0.1) is 0 Å². The zero-order valence-corrected chi connectivity index (χ0v) is 20.2. The minimum Gasteiger partial charge on any atom is -0.341 e. The molecule has 3 N–H and O–H groups in total. The van der Waals surface area contributed by atoms with Crippen LogP contribution in [0, 0.1) is 4.77 Å². The Kier molecular flexibility index (Phi) is 8.62. The number of nitrogens with one attached hydrogen (secondary N) is 3. The first-order valence-corrected chi connectivity index (χ1v) is 11.5. The number of halogens is 1. The highest BCUT2D eigenvalue weighted by Gasteiger charge is 2.14. The standard InChI is InChI=1S/C23H27ClN6O2S/c1-3-4-13-29-21(16-8-10-17(24)11-9-16)28-30(23(29)33)14-12-20(31)26-18-6-5-7-19(15-18)27-22(32)25-2/h5-11,15H,3-4,12-14H2,1-2H3,(H,26,31)(H2,25,27,32). The fourth-order valence-corrected chi connectivity index (χ4v) is 3.65. The molecule has 1 heterocycles. The van der Waals surface area contributed by atoms with Gasteiger partial charge in [-0.05, 0) is 61.1 Å². The largest absolute Gasteiger partial charge is 0.341 e. The molecule has 0 fully saturated rings. The fourth-order valence-electron chi connectivity index (χ4n) is 3.22. The number of carbonyl (C=O) groups excluding carboxylic acids is 2. The Labute approximate surface area is 203 Å². The fraction of sp³-hybridized carbons (Fsp3) is 0.304. The Balaban J connectivity index is 1.71. The minimum absolute atomic E-state index is 0.176. The predicted molar refractivity (Wildman–Crippen MR) is 134 cm³/mol. The van der Waals surface area contributed by atoms with Gasteiger partial charge >= 0.3 is 6.03 Å². The summed E-state index contributed by atoms with van der Waals surface area (Å²) in [5.74, 6) is 0.587. The summed E-state index contributed by atoms with van der Waals surface area (Å²) in [5, 5.41) is 13.4. The average Bonchev–Trinajstić information content (AvgIpc) is 3.12. The number of hydrogen-bond acceptors (Lipinski definition) is 4. The second kappa shape index (κ2) is 11.6. The molecule has 3 rings (SSSR count). The molecule has 0 saturated heterocycles. The van der Waals surface area contributed by atoms with Gasteiger partial charge < -0.3 is 16.0 Å². The molecular weight excluding hydrogens is 460 g/mol. The van der Waals surface area contributed by atoms with Crippen molar-refractivity contribution in [2.75, 3.05) is 17.7 Å². The summed E-state index contributed by atoms with van der Waals surface area (Å²) in [6, 6.07) is 14.1. The van der Waals surface area contributed by atoms with Gasteiger partial charge in [0.05, 0.1) is 6.54 Å². The predicted octanol–water partition coefficient (Wildman–Crippen LogP) is 5.31. The Hall–Kier alpha value is -3.17. The van der Waals surface area contributed by atoms with E-state index in [1.54, 1.807) is 28.9 Å². The van der Waals surface area contributed by atoms with Gasteiger partial charge in [0.25, 0.3) is 0 Å². The number of rotatable bonds is 9. The van der Waals surface area contributed by atoms with E-state index in [4.69, 9.17) is 28.9 Å². The molecule has 0 bridgehead atoms. The van der Waals surface area contributed by atoms with E-state index < -0.39 is 0 Å². The summed E-state index contributed by atoms with van der Waals surface area (Å²) in [7, 11) is 1.54. The lowest BCUT2D eigenvalue weighted by Crippen LogP contribution is -2.24. The molecule has 2 aromatic carbocycles. The van der Waals surface area contributed by atoms with Crippen molar-refractivity contribution in [3.05, 3.63) is 58.3 Å².